The Hall–Kier alpha value is -2.30. The first-order chi connectivity index (χ1) is 9.49. The number of nitrogens with one attached hydrogen (secondary N) is 1. The summed E-state index contributed by atoms with van der Waals surface area (Å²) in [4.78, 5) is 23.3. The third-order valence-electron chi connectivity index (χ3n) is 3.04. The highest BCUT2D eigenvalue weighted by Crippen LogP contribution is 2.20. The highest BCUT2D eigenvalue weighted by molar-refractivity contribution is 6.06. The molecule has 2 rings (SSSR count). The number of carboxylic acids is 1. The van der Waals surface area contributed by atoms with E-state index in [4.69, 9.17) is 9.52 Å². The predicted molar refractivity (Wildman–Crippen MR) is 74.6 cm³/mol. The molecule has 0 aliphatic heterocycles. The normalized spacial score (nSPS) is 12.6. The number of carboxylic acid groups (broad SMARTS) is 1. The lowest BCUT2D eigenvalue weighted by Gasteiger charge is -2.15. The second kappa shape index (κ2) is 5.77. The second-order valence-corrected chi connectivity index (χ2v) is 5.14. The van der Waals surface area contributed by atoms with Crippen LogP contribution in [0, 0.1) is 5.92 Å². The first-order valence-corrected chi connectivity index (χ1v) is 6.49. The van der Waals surface area contributed by atoms with Crippen LogP contribution in [0.3, 0.4) is 0 Å². The molecule has 1 atom stereocenters. The number of rotatable bonds is 5. The van der Waals surface area contributed by atoms with Crippen molar-refractivity contribution in [2.45, 2.75) is 26.3 Å². The van der Waals surface area contributed by atoms with Crippen molar-refractivity contribution in [1.82, 2.24) is 5.32 Å². The fraction of sp³-hybridized carbons (Fsp3) is 0.333. The lowest BCUT2D eigenvalue weighted by Crippen LogP contribution is -2.41. The summed E-state index contributed by atoms with van der Waals surface area (Å²) in [5.41, 5.74) is 0.962. The third kappa shape index (κ3) is 2.99. The van der Waals surface area contributed by atoms with Crippen molar-refractivity contribution in [3.63, 3.8) is 0 Å². The highest BCUT2D eigenvalue weighted by atomic mass is 16.4. The molecule has 0 saturated heterocycles. The Labute approximate surface area is 116 Å². The van der Waals surface area contributed by atoms with Gasteiger partial charge in [0.2, 0.25) is 0 Å². The van der Waals surface area contributed by atoms with E-state index in [9.17, 15) is 9.59 Å². The third-order valence-corrected chi connectivity index (χ3v) is 3.04. The van der Waals surface area contributed by atoms with Crippen molar-refractivity contribution in [3.05, 3.63) is 36.1 Å². The number of carbonyl (C=O) groups is 2. The molecule has 0 aliphatic rings. The van der Waals surface area contributed by atoms with Crippen LogP contribution < -0.4 is 5.32 Å². The molecular formula is C15H17NO4. The average molecular weight is 275 g/mol. The van der Waals surface area contributed by atoms with E-state index in [0.717, 1.165) is 0 Å². The van der Waals surface area contributed by atoms with Gasteiger partial charge in [0.25, 0.3) is 5.91 Å². The van der Waals surface area contributed by atoms with Gasteiger partial charge < -0.3 is 14.8 Å². The summed E-state index contributed by atoms with van der Waals surface area (Å²) in [6.07, 6.45) is 1.74. The van der Waals surface area contributed by atoms with Gasteiger partial charge in [-0.2, -0.15) is 0 Å². The fourth-order valence-corrected chi connectivity index (χ4v) is 2.08. The minimum absolute atomic E-state index is 0.178. The average Bonchev–Trinajstić information content (AvgIpc) is 2.81. The summed E-state index contributed by atoms with van der Waals surface area (Å²) in [6, 6.07) is 6.25. The van der Waals surface area contributed by atoms with E-state index in [1.807, 2.05) is 19.9 Å². The number of hydrogen-bond acceptors (Lipinski definition) is 3. The fourth-order valence-electron chi connectivity index (χ4n) is 2.08. The van der Waals surface area contributed by atoms with E-state index >= 15 is 0 Å². The quantitative estimate of drug-likeness (QED) is 0.879. The Kier molecular flexibility index (Phi) is 4.08. The summed E-state index contributed by atoms with van der Waals surface area (Å²) >= 11 is 0. The molecular weight excluding hydrogens is 258 g/mol. The molecule has 0 radical (unpaired) electrons. The Bertz CT molecular complexity index is 630. The van der Waals surface area contributed by atoms with Gasteiger partial charge in [-0.05, 0) is 18.4 Å². The first kappa shape index (κ1) is 14.1. The Morgan fingerprint density at radius 2 is 2.00 bits per heavy atom. The Balaban J connectivity index is 2.20. The summed E-state index contributed by atoms with van der Waals surface area (Å²) in [7, 11) is 0. The Morgan fingerprint density at radius 3 is 2.65 bits per heavy atom. The summed E-state index contributed by atoms with van der Waals surface area (Å²) in [5.74, 6) is -1.28. The molecule has 1 unspecified atom stereocenters. The molecule has 1 aromatic heterocycles. The summed E-state index contributed by atoms with van der Waals surface area (Å²) < 4.78 is 5.29. The van der Waals surface area contributed by atoms with Crippen molar-refractivity contribution in [1.29, 1.82) is 0 Å². The lowest BCUT2D eigenvalue weighted by atomic mass is 10.0. The molecule has 5 nitrogen and oxygen atoms in total. The lowest BCUT2D eigenvalue weighted by molar-refractivity contribution is -0.139. The van der Waals surface area contributed by atoms with Crippen LogP contribution in [-0.4, -0.2) is 23.0 Å². The van der Waals surface area contributed by atoms with Crippen molar-refractivity contribution in [2.75, 3.05) is 0 Å². The zero-order valence-electron chi connectivity index (χ0n) is 11.4. The smallest absolute Gasteiger partial charge is 0.326 e. The molecule has 0 bridgehead atoms. The van der Waals surface area contributed by atoms with E-state index < -0.39 is 17.9 Å². The van der Waals surface area contributed by atoms with E-state index in [-0.39, 0.29) is 5.92 Å². The van der Waals surface area contributed by atoms with Crippen LogP contribution in [0.15, 0.2) is 34.9 Å². The molecule has 1 aromatic carbocycles. The molecule has 106 valence electrons. The topological polar surface area (TPSA) is 79.5 Å². The van der Waals surface area contributed by atoms with E-state index in [2.05, 4.69) is 5.32 Å². The number of amides is 1. The molecule has 0 aliphatic carbocycles. The number of hydrogen-bond donors (Lipinski definition) is 2. The van der Waals surface area contributed by atoms with Gasteiger partial charge in [0.15, 0.2) is 0 Å². The molecule has 2 N–H and O–H groups in total. The minimum Gasteiger partial charge on any atom is -0.480 e. The van der Waals surface area contributed by atoms with Crippen LogP contribution in [0.1, 0.15) is 30.6 Å². The van der Waals surface area contributed by atoms with Crippen LogP contribution in [-0.2, 0) is 4.79 Å². The molecule has 1 heterocycles. The van der Waals surface area contributed by atoms with Crippen molar-refractivity contribution >= 4 is 22.8 Å². The SMILES string of the molecule is CC(C)CC(NC(=O)c1coc2ccccc12)C(=O)O. The van der Waals surface area contributed by atoms with Gasteiger partial charge >= 0.3 is 5.97 Å². The second-order valence-electron chi connectivity index (χ2n) is 5.14. The number of benzene rings is 1. The molecule has 0 saturated carbocycles. The van der Waals surface area contributed by atoms with Gasteiger partial charge in [-0.3, -0.25) is 4.79 Å². The minimum atomic E-state index is -1.03. The first-order valence-electron chi connectivity index (χ1n) is 6.49. The van der Waals surface area contributed by atoms with Gasteiger partial charge in [-0.15, -0.1) is 0 Å². The number of fused-ring (bicyclic) bond motifs is 1. The van der Waals surface area contributed by atoms with E-state index in [1.165, 1.54) is 6.26 Å². The van der Waals surface area contributed by atoms with Crippen LogP contribution in [0.25, 0.3) is 11.0 Å². The van der Waals surface area contributed by atoms with Gasteiger partial charge in [0, 0.05) is 5.39 Å². The van der Waals surface area contributed by atoms with Crippen molar-refractivity contribution in [2.24, 2.45) is 5.92 Å². The van der Waals surface area contributed by atoms with E-state index in [1.54, 1.807) is 18.2 Å². The van der Waals surface area contributed by atoms with Gasteiger partial charge in [0.1, 0.15) is 17.9 Å². The van der Waals surface area contributed by atoms with Gasteiger partial charge in [0.05, 0.1) is 5.56 Å². The molecule has 20 heavy (non-hydrogen) atoms. The zero-order valence-corrected chi connectivity index (χ0v) is 11.4. The van der Waals surface area contributed by atoms with Crippen LogP contribution in [0.5, 0.6) is 0 Å². The maximum Gasteiger partial charge on any atom is 0.326 e. The predicted octanol–water partition coefficient (Wildman–Crippen LogP) is 2.66. The van der Waals surface area contributed by atoms with Gasteiger partial charge in [-0.25, -0.2) is 4.79 Å². The molecule has 0 spiro atoms. The molecule has 0 fully saturated rings. The van der Waals surface area contributed by atoms with Crippen molar-refractivity contribution in [3.8, 4) is 0 Å². The van der Waals surface area contributed by atoms with Crippen LogP contribution in [0.2, 0.25) is 0 Å². The maximum absolute atomic E-state index is 12.2. The summed E-state index contributed by atoms with van der Waals surface area (Å²) in [5, 5.41) is 12.4. The monoisotopic (exact) mass is 275 g/mol. The number of para-hydroxylation sites is 1. The van der Waals surface area contributed by atoms with Gasteiger partial charge in [-0.1, -0.05) is 32.0 Å². The number of aliphatic carboxylic acids is 1. The van der Waals surface area contributed by atoms with Crippen LogP contribution in [0.4, 0.5) is 0 Å². The molecule has 1 amide bonds. The van der Waals surface area contributed by atoms with E-state index in [0.29, 0.717) is 23.0 Å². The highest BCUT2D eigenvalue weighted by Gasteiger charge is 2.23. The number of furan rings is 1. The van der Waals surface area contributed by atoms with Crippen LogP contribution >= 0.6 is 0 Å². The Morgan fingerprint density at radius 1 is 1.30 bits per heavy atom. The number of carbonyl (C=O) groups excluding carboxylic acids is 1. The summed E-state index contributed by atoms with van der Waals surface area (Å²) in [6.45, 7) is 3.82. The zero-order chi connectivity index (χ0) is 14.7. The van der Waals surface area contributed by atoms with Crippen molar-refractivity contribution < 1.29 is 19.1 Å². The largest absolute Gasteiger partial charge is 0.480 e. The maximum atomic E-state index is 12.2. The standard InChI is InChI=1S/C15H17NO4/c1-9(2)7-12(15(18)19)16-14(17)11-8-20-13-6-4-3-5-10(11)13/h3-6,8-9,12H,7H2,1-2H3,(H,16,17)(H,18,19). The molecule has 5 heteroatoms. The molecule has 2 aromatic rings.